The van der Waals surface area contributed by atoms with Crippen LogP contribution < -0.4 is 4.74 Å². The van der Waals surface area contributed by atoms with Gasteiger partial charge in [-0.05, 0) is 96.9 Å². The standard InChI is InChI=1S/C22H26O/c1-15-5-3-7-17-9-11-19(13-21(15)17)23-20-12-10-18-8-4-6-16(2)22(18)14-20/h9-16H,3-8H2,1-2H3. The van der Waals surface area contributed by atoms with Crippen molar-refractivity contribution in [2.45, 2.75) is 64.2 Å². The van der Waals surface area contributed by atoms with E-state index in [0.29, 0.717) is 11.8 Å². The number of fused-ring (bicyclic) bond motifs is 2. The number of hydrogen-bond donors (Lipinski definition) is 0. The fraction of sp³-hybridized carbons (Fsp3) is 0.455. The van der Waals surface area contributed by atoms with Crippen molar-refractivity contribution >= 4 is 0 Å². The highest BCUT2D eigenvalue weighted by atomic mass is 16.5. The molecular weight excluding hydrogens is 280 g/mol. The Morgan fingerprint density at radius 3 is 1.70 bits per heavy atom. The van der Waals surface area contributed by atoms with Gasteiger partial charge in [0.25, 0.3) is 0 Å². The second-order valence-corrected chi connectivity index (χ2v) is 7.41. The summed E-state index contributed by atoms with van der Waals surface area (Å²) in [6.07, 6.45) is 7.67. The highest BCUT2D eigenvalue weighted by Crippen LogP contribution is 2.37. The molecule has 0 bridgehead atoms. The minimum absolute atomic E-state index is 0.658. The summed E-state index contributed by atoms with van der Waals surface area (Å²) in [5.41, 5.74) is 5.99. The Kier molecular flexibility index (Phi) is 3.88. The Balaban J connectivity index is 1.61. The topological polar surface area (TPSA) is 9.23 Å². The molecule has 2 aliphatic carbocycles. The molecular formula is C22H26O. The molecule has 0 aliphatic heterocycles. The van der Waals surface area contributed by atoms with E-state index in [-0.39, 0.29) is 0 Å². The van der Waals surface area contributed by atoms with Crippen LogP contribution in [0.15, 0.2) is 36.4 Å². The number of hydrogen-bond acceptors (Lipinski definition) is 1. The first-order valence-electron chi connectivity index (χ1n) is 9.14. The average molecular weight is 306 g/mol. The highest BCUT2D eigenvalue weighted by Gasteiger charge is 2.19. The van der Waals surface area contributed by atoms with E-state index in [0.717, 1.165) is 11.5 Å². The fourth-order valence-electron chi connectivity index (χ4n) is 4.29. The van der Waals surface area contributed by atoms with E-state index in [1.807, 2.05) is 0 Å². The van der Waals surface area contributed by atoms with Crippen LogP contribution in [0.25, 0.3) is 0 Å². The van der Waals surface area contributed by atoms with Crippen LogP contribution in [0, 0.1) is 0 Å². The van der Waals surface area contributed by atoms with E-state index in [2.05, 4.69) is 50.2 Å². The van der Waals surface area contributed by atoms with Crippen molar-refractivity contribution in [1.82, 2.24) is 0 Å². The van der Waals surface area contributed by atoms with Crippen LogP contribution in [-0.4, -0.2) is 0 Å². The zero-order valence-corrected chi connectivity index (χ0v) is 14.3. The molecule has 0 fully saturated rings. The minimum atomic E-state index is 0.658. The summed E-state index contributed by atoms with van der Waals surface area (Å²) < 4.78 is 6.21. The molecule has 2 aliphatic rings. The maximum atomic E-state index is 6.21. The predicted molar refractivity (Wildman–Crippen MR) is 95.7 cm³/mol. The maximum Gasteiger partial charge on any atom is 0.127 e. The Hall–Kier alpha value is -1.76. The molecule has 0 heterocycles. The normalized spacial score (nSPS) is 23.0. The van der Waals surface area contributed by atoms with Crippen molar-refractivity contribution in [3.05, 3.63) is 58.7 Å². The molecule has 1 heteroatoms. The molecule has 4 rings (SSSR count). The van der Waals surface area contributed by atoms with Gasteiger partial charge in [-0.15, -0.1) is 0 Å². The molecule has 120 valence electrons. The van der Waals surface area contributed by atoms with E-state index in [9.17, 15) is 0 Å². The van der Waals surface area contributed by atoms with E-state index >= 15 is 0 Å². The molecule has 0 N–H and O–H groups in total. The molecule has 0 spiro atoms. The Labute approximate surface area is 139 Å². The van der Waals surface area contributed by atoms with E-state index < -0.39 is 0 Å². The predicted octanol–water partition coefficient (Wildman–Crippen LogP) is 6.36. The van der Waals surface area contributed by atoms with Crippen molar-refractivity contribution in [3.8, 4) is 11.5 Å². The van der Waals surface area contributed by atoms with Gasteiger partial charge >= 0.3 is 0 Å². The summed E-state index contributed by atoms with van der Waals surface area (Å²) in [7, 11) is 0. The molecule has 23 heavy (non-hydrogen) atoms. The zero-order chi connectivity index (χ0) is 15.8. The van der Waals surface area contributed by atoms with Crippen LogP contribution in [0.1, 0.15) is 73.6 Å². The molecule has 0 radical (unpaired) electrons. The summed E-state index contributed by atoms with van der Waals surface area (Å²) in [5, 5.41) is 0. The SMILES string of the molecule is CC1CCCc2ccc(Oc3ccc4c(c3)C(C)CCC4)cc21. The van der Waals surface area contributed by atoms with E-state index in [1.54, 1.807) is 0 Å². The van der Waals surface area contributed by atoms with Crippen LogP contribution >= 0.6 is 0 Å². The van der Waals surface area contributed by atoms with Crippen molar-refractivity contribution in [2.24, 2.45) is 0 Å². The van der Waals surface area contributed by atoms with Crippen molar-refractivity contribution in [2.75, 3.05) is 0 Å². The average Bonchev–Trinajstić information content (AvgIpc) is 2.56. The molecule has 0 aromatic heterocycles. The van der Waals surface area contributed by atoms with Crippen molar-refractivity contribution in [1.29, 1.82) is 0 Å². The van der Waals surface area contributed by atoms with Gasteiger partial charge in [0, 0.05) is 0 Å². The van der Waals surface area contributed by atoms with Crippen LogP contribution in [0.3, 0.4) is 0 Å². The Morgan fingerprint density at radius 1 is 0.739 bits per heavy atom. The van der Waals surface area contributed by atoms with Gasteiger partial charge in [0.15, 0.2) is 0 Å². The van der Waals surface area contributed by atoms with Crippen LogP contribution in [0.5, 0.6) is 11.5 Å². The molecule has 0 saturated heterocycles. The molecule has 2 aromatic carbocycles. The first kappa shape index (κ1) is 14.8. The number of rotatable bonds is 2. The van der Waals surface area contributed by atoms with Crippen LogP contribution in [0.4, 0.5) is 0 Å². The number of ether oxygens (including phenoxy) is 1. The number of aryl methyl sites for hydroxylation is 2. The maximum absolute atomic E-state index is 6.21. The van der Waals surface area contributed by atoms with Gasteiger partial charge in [-0.25, -0.2) is 0 Å². The van der Waals surface area contributed by atoms with E-state index in [1.165, 1.54) is 60.8 Å². The third kappa shape index (κ3) is 2.89. The Morgan fingerprint density at radius 2 is 1.22 bits per heavy atom. The second kappa shape index (κ2) is 6.03. The summed E-state index contributed by atoms with van der Waals surface area (Å²) in [6, 6.07) is 13.3. The van der Waals surface area contributed by atoms with Gasteiger partial charge in [-0.2, -0.15) is 0 Å². The smallest absolute Gasteiger partial charge is 0.127 e. The lowest BCUT2D eigenvalue weighted by Crippen LogP contribution is -2.07. The first-order chi connectivity index (χ1) is 11.2. The highest BCUT2D eigenvalue weighted by molar-refractivity contribution is 5.44. The third-order valence-corrected chi connectivity index (χ3v) is 5.70. The van der Waals surface area contributed by atoms with Gasteiger partial charge < -0.3 is 4.74 Å². The lowest BCUT2D eigenvalue weighted by atomic mass is 9.84. The largest absolute Gasteiger partial charge is 0.457 e. The quantitative estimate of drug-likeness (QED) is 0.627. The number of benzene rings is 2. The summed E-state index contributed by atoms with van der Waals surface area (Å²) in [5.74, 6) is 3.29. The van der Waals surface area contributed by atoms with Crippen molar-refractivity contribution in [3.63, 3.8) is 0 Å². The van der Waals surface area contributed by atoms with Gasteiger partial charge in [-0.3, -0.25) is 0 Å². The molecule has 0 amide bonds. The minimum Gasteiger partial charge on any atom is -0.457 e. The lowest BCUT2D eigenvalue weighted by Gasteiger charge is -2.24. The van der Waals surface area contributed by atoms with Crippen LogP contribution in [0.2, 0.25) is 0 Å². The van der Waals surface area contributed by atoms with Gasteiger partial charge in [-0.1, -0.05) is 26.0 Å². The zero-order valence-electron chi connectivity index (χ0n) is 14.3. The summed E-state index contributed by atoms with van der Waals surface area (Å²) in [4.78, 5) is 0. The Bertz CT molecular complexity index is 654. The first-order valence-corrected chi connectivity index (χ1v) is 9.14. The van der Waals surface area contributed by atoms with Gasteiger partial charge in [0.05, 0.1) is 0 Å². The summed E-state index contributed by atoms with van der Waals surface area (Å²) in [6.45, 7) is 4.67. The summed E-state index contributed by atoms with van der Waals surface area (Å²) >= 11 is 0. The monoisotopic (exact) mass is 306 g/mol. The van der Waals surface area contributed by atoms with E-state index in [4.69, 9.17) is 4.74 Å². The molecule has 1 nitrogen and oxygen atoms in total. The van der Waals surface area contributed by atoms with Gasteiger partial charge in [0.1, 0.15) is 11.5 Å². The van der Waals surface area contributed by atoms with Crippen molar-refractivity contribution < 1.29 is 4.74 Å². The fourth-order valence-corrected chi connectivity index (χ4v) is 4.29. The second-order valence-electron chi connectivity index (χ2n) is 7.41. The molecule has 2 atom stereocenters. The molecule has 2 unspecified atom stereocenters. The van der Waals surface area contributed by atoms with Crippen LogP contribution in [-0.2, 0) is 12.8 Å². The molecule has 2 aromatic rings. The van der Waals surface area contributed by atoms with Gasteiger partial charge in [0.2, 0.25) is 0 Å². The lowest BCUT2D eigenvalue weighted by molar-refractivity contribution is 0.475. The molecule has 0 saturated carbocycles. The third-order valence-electron chi connectivity index (χ3n) is 5.70.